The Labute approximate surface area is 126 Å². The molecule has 0 saturated carbocycles. The summed E-state index contributed by atoms with van der Waals surface area (Å²) in [6, 6.07) is 1.09. The minimum absolute atomic E-state index is 0.200. The SMILES string of the molecule is C[C@@H](C(=O)N(C)C)N(C)CC(=O)Nc1ccc(F)c(F)c1F. The Kier molecular flexibility index (Phi) is 5.92. The third kappa shape index (κ3) is 4.20. The van der Waals surface area contributed by atoms with Crippen molar-refractivity contribution in [2.45, 2.75) is 13.0 Å². The lowest BCUT2D eigenvalue weighted by Crippen LogP contribution is -2.45. The van der Waals surface area contributed by atoms with Gasteiger partial charge in [-0.15, -0.1) is 0 Å². The van der Waals surface area contributed by atoms with Gasteiger partial charge in [-0.05, 0) is 26.1 Å². The van der Waals surface area contributed by atoms with Crippen molar-refractivity contribution in [2.24, 2.45) is 0 Å². The van der Waals surface area contributed by atoms with E-state index in [4.69, 9.17) is 0 Å². The minimum Gasteiger partial charge on any atom is -0.347 e. The van der Waals surface area contributed by atoms with Gasteiger partial charge in [0.2, 0.25) is 11.8 Å². The standard InChI is InChI=1S/C14H18F3N3O2/c1-8(14(22)19(2)3)20(4)7-11(21)18-10-6-5-9(15)12(16)13(10)17/h5-6,8H,7H2,1-4H3,(H,18,21)/t8-/m0/s1. The lowest BCUT2D eigenvalue weighted by molar-refractivity contribution is -0.133. The van der Waals surface area contributed by atoms with Gasteiger partial charge in [0.15, 0.2) is 17.5 Å². The van der Waals surface area contributed by atoms with Crippen LogP contribution in [0.1, 0.15) is 6.92 Å². The summed E-state index contributed by atoms with van der Waals surface area (Å²) >= 11 is 0. The van der Waals surface area contributed by atoms with Crippen molar-refractivity contribution in [3.8, 4) is 0 Å². The largest absolute Gasteiger partial charge is 0.347 e. The van der Waals surface area contributed by atoms with Crippen LogP contribution in [0.25, 0.3) is 0 Å². The Balaban J connectivity index is 2.71. The lowest BCUT2D eigenvalue weighted by atomic mass is 10.2. The van der Waals surface area contributed by atoms with Crippen LogP contribution in [0.5, 0.6) is 0 Å². The molecule has 5 nitrogen and oxygen atoms in total. The van der Waals surface area contributed by atoms with Crippen LogP contribution in [-0.2, 0) is 9.59 Å². The molecular formula is C14H18F3N3O2. The lowest BCUT2D eigenvalue weighted by Gasteiger charge is -2.25. The van der Waals surface area contributed by atoms with E-state index in [1.807, 2.05) is 0 Å². The molecule has 1 rings (SSSR count). The number of carbonyl (C=O) groups is 2. The zero-order valence-electron chi connectivity index (χ0n) is 12.8. The van der Waals surface area contributed by atoms with Crippen LogP contribution in [0.2, 0.25) is 0 Å². The first-order valence-corrected chi connectivity index (χ1v) is 6.50. The highest BCUT2D eigenvalue weighted by atomic mass is 19.2. The van der Waals surface area contributed by atoms with Crippen molar-refractivity contribution in [3.63, 3.8) is 0 Å². The van der Waals surface area contributed by atoms with E-state index in [1.165, 1.54) is 9.80 Å². The third-order valence-electron chi connectivity index (χ3n) is 3.16. The molecule has 1 N–H and O–H groups in total. The predicted molar refractivity (Wildman–Crippen MR) is 75.7 cm³/mol. The Morgan fingerprint density at radius 3 is 2.27 bits per heavy atom. The van der Waals surface area contributed by atoms with E-state index in [-0.39, 0.29) is 12.5 Å². The summed E-state index contributed by atoms with van der Waals surface area (Å²) in [5, 5.41) is 2.15. The highest BCUT2D eigenvalue weighted by molar-refractivity contribution is 5.93. The number of halogens is 3. The second kappa shape index (κ2) is 7.26. The van der Waals surface area contributed by atoms with Crippen LogP contribution in [0.3, 0.4) is 0 Å². The predicted octanol–water partition coefficient (Wildman–Crippen LogP) is 1.45. The van der Waals surface area contributed by atoms with Crippen LogP contribution in [0.4, 0.5) is 18.9 Å². The van der Waals surface area contributed by atoms with E-state index in [0.29, 0.717) is 0 Å². The molecule has 0 saturated heterocycles. The number of anilines is 1. The maximum Gasteiger partial charge on any atom is 0.239 e. The van der Waals surface area contributed by atoms with Gasteiger partial charge in [-0.1, -0.05) is 0 Å². The summed E-state index contributed by atoms with van der Waals surface area (Å²) in [5.74, 6) is -5.30. The zero-order valence-corrected chi connectivity index (χ0v) is 12.8. The topological polar surface area (TPSA) is 52.7 Å². The number of hydrogen-bond donors (Lipinski definition) is 1. The molecule has 2 amide bonds. The minimum atomic E-state index is -1.65. The van der Waals surface area contributed by atoms with Crippen LogP contribution in [0, 0.1) is 17.5 Å². The molecule has 1 aromatic rings. The fraction of sp³-hybridized carbons (Fsp3) is 0.429. The fourth-order valence-corrected chi connectivity index (χ4v) is 1.74. The summed E-state index contributed by atoms with van der Waals surface area (Å²) in [5.41, 5.74) is -0.455. The third-order valence-corrected chi connectivity index (χ3v) is 3.16. The quantitative estimate of drug-likeness (QED) is 0.837. The van der Waals surface area contributed by atoms with Gasteiger partial charge in [-0.25, -0.2) is 13.2 Å². The highest BCUT2D eigenvalue weighted by Gasteiger charge is 2.22. The number of benzene rings is 1. The van der Waals surface area contributed by atoms with Gasteiger partial charge in [0, 0.05) is 14.1 Å². The van der Waals surface area contributed by atoms with Crippen LogP contribution < -0.4 is 5.32 Å². The molecule has 22 heavy (non-hydrogen) atoms. The number of carbonyl (C=O) groups excluding carboxylic acids is 2. The first-order chi connectivity index (χ1) is 10.1. The number of amides is 2. The average molecular weight is 317 g/mol. The average Bonchev–Trinajstić information content (AvgIpc) is 2.46. The van der Waals surface area contributed by atoms with Crippen molar-refractivity contribution in [1.82, 2.24) is 9.80 Å². The molecule has 0 fully saturated rings. The second-order valence-corrected chi connectivity index (χ2v) is 5.09. The van der Waals surface area contributed by atoms with E-state index in [0.717, 1.165) is 12.1 Å². The molecule has 0 aromatic heterocycles. The molecule has 0 spiro atoms. The van der Waals surface area contributed by atoms with Crippen molar-refractivity contribution < 1.29 is 22.8 Å². The maximum atomic E-state index is 13.4. The molecule has 0 aliphatic heterocycles. The van der Waals surface area contributed by atoms with Gasteiger partial charge >= 0.3 is 0 Å². The molecule has 0 unspecified atom stereocenters. The van der Waals surface area contributed by atoms with Crippen molar-refractivity contribution in [1.29, 1.82) is 0 Å². The van der Waals surface area contributed by atoms with E-state index in [9.17, 15) is 22.8 Å². The van der Waals surface area contributed by atoms with Crippen LogP contribution in [-0.4, -0.2) is 55.3 Å². The first-order valence-electron chi connectivity index (χ1n) is 6.50. The van der Waals surface area contributed by atoms with Gasteiger partial charge in [-0.2, -0.15) is 0 Å². The number of nitrogens with one attached hydrogen (secondary N) is 1. The Bertz CT molecular complexity index is 579. The van der Waals surface area contributed by atoms with Crippen LogP contribution >= 0.6 is 0 Å². The summed E-state index contributed by atoms with van der Waals surface area (Å²) in [4.78, 5) is 26.4. The molecule has 0 radical (unpaired) electrons. The van der Waals surface area contributed by atoms with Crippen molar-refractivity contribution >= 4 is 17.5 Å². The molecule has 1 aromatic carbocycles. The molecule has 122 valence electrons. The first kappa shape index (κ1) is 18.0. The van der Waals surface area contributed by atoms with Gasteiger partial charge in [-0.3, -0.25) is 14.5 Å². The summed E-state index contributed by atoms with van der Waals surface area (Å²) in [6.45, 7) is 1.41. The maximum absolute atomic E-state index is 13.4. The number of hydrogen-bond acceptors (Lipinski definition) is 3. The van der Waals surface area contributed by atoms with Crippen molar-refractivity contribution in [2.75, 3.05) is 33.0 Å². The summed E-state index contributed by atoms with van der Waals surface area (Å²) in [7, 11) is 4.72. The highest BCUT2D eigenvalue weighted by Crippen LogP contribution is 2.19. The van der Waals surface area contributed by atoms with E-state index < -0.39 is 35.1 Å². The number of likely N-dealkylation sites (N-methyl/N-ethyl adjacent to an activating group) is 2. The molecule has 8 heteroatoms. The second-order valence-electron chi connectivity index (χ2n) is 5.09. The van der Waals surface area contributed by atoms with Crippen LogP contribution in [0.15, 0.2) is 12.1 Å². The van der Waals surface area contributed by atoms with Gasteiger partial charge in [0.25, 0.3) is 0 Å². The summed E-state index contributed by atoms with van der Waals surface area (Å²) in [6.07, 6.45) is 0. The van der Waals surface area contributed by atoms with Gasteiger partial charge in [0.1, 0.15) is 0 Å². The zero-order chi connectivity index (χ0) is 17.0. The van der Waals surface area contributed by atoms with E-state index in [2.05, 4.69) is 5.32 Å². The van der Waals surface area contributed by atoms with Gasteiger partial charge < -0.3 is 10.2 Å². The molecule has 0 heterocycles. The van der Waals surface area contributed by atoms with Crippen molar-refractivity contribution in [3.05, 3.63) is 29.6 Å². The molecule has 0 aliphatic rings. The number of rotatable bonds is 5. The molecule has 0 aliphatic carbocycles. The monoisotopic (exact) mass is 317 g/mol. The summed E-state index contributed by atoms with van der Waals surface area (Å²) < 4.78 is 39.3. The van der Waals surface area contributed by atoms with E-state index >= 15 is 0 Å². The van der Waals surface area contributed by atoms with Gasteiger partial charge in [0.05, 0.1) is 18.3 Å². The molecule has 0 bridgehead atoms. The normalized spacial score (nSPS) is 12.2. The molecule has 1 atom stereocenters. The Hall–Kier alpha value is -2.09. The smallest absolute Gasteiger partial charge is 0.239 e. The Morgan fingerprint density at radius 2 is 1.73 bits per heavy atom. The number of nitrogens with zero attached hydrogens (tertiary/aromatic N) is 2. The fourth-order valence-electron chi connectivity index (χ4n) is 1.74. The molecular weight excluding hydrogens is 299 g/mol. The van der Waals surface area contributed by atoms with E-state index in [1.54, 1.807) is 28.1 Å². The Morgan fingerprint density at radius 1 is 1.14 bits per heavy atom.